The SMILES string of the molecule is Fc1ccccc1N(c1ccccc1)c1ccc2sc3cc(C=Cc4ccc5c6c4ccc4cccc(c46)n5-c4ccccc4)ccc3c2c1. The molecule has 2 nitrogen and oxygen atoms in total. The van der Waals surface area contributed by atoms with Gasteiger partial charge in [-0.05, 0) is 94.7 Å². The van der Waals surface area contributed by atoms with Crippen LogP contribution in [0.2, 0.25) is 0 Å². The molecule has 0 aliphatic carbocycles. The third-order valence-electron chi connectivity index (χ3n) is 9.81. The van der Waals surface area contributed by atoms with Crippen molar-refractivity contribution in [3.63, 3.8) is 0 Å². The van der Waals surface area contributed by atoms with Crippen molar-refractivity contribution in [1.82, 2.24) is 4.57 Å². The Hall–Kier alpha value is -6.23. The lowest BCUT2D eigenvalue weighted by Gasteiger charge is -2.25. The van der Waals surface area contributed by atoms with Gasteiger partial charge in [0.15, 0.2) is 0 Å². The van der Waals surface area contributed by atoms with Crippen LogP contribution in [0.25, 0.3) is 70.6 Å². The van der Waals surface area contributed by atoms with Gasteiger partial charge in [-0.25, -0.2) is 4.39 Å². The lowest BCUT2D eigenvalue weighted by atomic mass is 9.98. The summed E-state index contributed by atoms with van der Waals surface area (Å²) >= 11 is 1.79. The number of rotatable bonds is 6. The van der Waals surface area contributed by atoms with Crippen molar-refractivity contribution in [3.8, 4) is 5.69 Å². The molecule has 0 spiro atoms. The molecule has 10 aromatic rings. The monoisotopic (exact) mass is 660 g/mol. The number of aromatic nitrogens is 1. The first-order valence-electron chi connectivity index (χ1n) is 16.8. The number of halogens is 1. The van der Waals surface area contributed by atoms with Crippen LogP contribution >= 0.6 is 11.3 Å². The maximum Gasteiger partial charge on any atom is 0.147 e. The molecular weight excluding hydrogens is 632 g/mol. The summed E-state index contributed by atoms with van der Waals surface area (Å²) in [5, 5.41) is 7.50. The summed E-state index contributed by atoms with van der Waals surface area (Å²) < 4.78 is 20.0. The van der Waals surface area contributed by atoms with Gasteiger partial charge < -0.3 is 9.47 Å². The molecule has 0 fully saturated rings. The minimum Gasteiger partial charge on any atom is -0.309 e. The molecule has 0 saturated heterocycles. The topological polar surface area (TPSA) is 8.17 Å². The quantitative estimate of drug-likeness (QED) is 0.127. The van der Waals surface area contributed by atoms with Gasteiger partial charge in [-0.1, -0.05) is 103 Å². The van der Waals surface area contributed by atoms with Gasteiger partial charge in [0.1, 0.15) is 5.82 Å². The van der Waals surface area contributed by atoms with Crippen LogP contribution in [0.15, 0.2) is 164 Å². The molecule has 0 aliphatic rings. The van der Waals surface area contributed by atoms with E-state index in [4.69, 9.17) is 0 Å². The Labute approximate surface area is 292 Å². The number of fused-ring (bicyclic) bond motifs is 3. The zero-order valence-electron chi connectivity index (χ0n) is 26.9. The molecule has 0 aliphatic heterocycles. The van der Waals surface area contributed by atoms with E-state index in [1.54, 1.807) is 17.4 Å². The molecule has 50 heavy (non-hydrogen) atoms. The molecular formula is C46H29FN2S. The molecule has 0 amide bonds. The number of thiophene rings is 1. The van der Waals surface area contributed by atoms with Gasteiger partial charge in [0.25, 0.3) is 0 Å². The van der Waals surface area contributed by atoms with E-state index in [-0.39, 0.29) is 5.82 Å². The van der Waals surface area contributed by atoms with E-state index < -0.39 is 0 Å². The molecule has 2 aromatic heterocycles. The van der Waals surface area contributed by atoms with E-state index in [2.05, 4.69) is 126 Å². The summed E-state index contributed by atoms with van der Waals surface area (Å²) in [6.07, 6.45) is 4.47. The minimum absolute atomic E-state index is 0.255. The Kier molecular flexibility index (Phi) is 6.58. The molecule has 10 rings (SSSR count). The second-order valence-electron chi connectivity index (χ2n) is 12.7. The highest BCUT2D eigenvalue weighted by molar-refractivity contribution is 7.25. The van der Waals surface area contributed by atoms with Crippen molar-refractivity contribution in [2.45, 2.75) is 0 Å². The summed E-state index contributed by atoms with van der Waals surface area (Å²) in [6, 6.07) is 56.3. The Morgan fingerprint density at radius 2 is 1.30 bits per heavy atom. The lowest BCUT2D eigenvalue weighted by molar-refractivity contribution is 0.629. The van der Waals surface area contributed by atoms with Crippen LogP contribution in [-0.4, -0.2) is 4.57 Å². The van der Waals surface area contributed by atoms with E-state index >= 15 is 4.39 Å². The fourth-order valence-electron chi connectivity index (χ4n) is 7.56. The van der Waals surface area contributed by atoms with Crippen LogP contribution < -0.4 is 4.90 Å². The normalized spacial score (nSPS) is 12.0. The Morgan fingerprint density at radius 1 is 0.520 bits per heavy atom. The number of nitrogens with zero attached hydrogens (tertiary/aromatic N) is 2. The van der Waals surface area contributed by atoms with E-state index in [1.165, 1.54) is 70.1 Å². The maximum atomic E-state index is 15.2. The highest BCUT2D eigenvalue weighted by Crippen LogP contribution is 2.43. The number of benzene rings is 8. The summed E-state index contributed by atoms with van der Waals surface area (Å²) in [7, 11) is 0. The average Bonchev–Trinajstić information content (AvgIpc) is 3.71. The molecule has 8 aromatic carbocycles. The second-order valence-corrected chi connectivity index (χ2v) is 13.8. The standard InChI is InChI=1S/C46H29FN2S/c47-39-15-7-8-16-40(39)48(33-11-3-1-4-12-33)35-23-27-43-38(29-35)37-24-19-30(28-44(37)50-43)18-20-31-22-26-42-46-36(31)25-21-32-10-9-17-41(45(32)46)49(42)34-13-5-2-6-14-34/h1-29H. The van der Waals surface area contributed by atoms with Crippen LogP contribution in [-0.2, 0) is 0 Å². The van der Waals surface area contributed by atoms with E-state index in [1.807, 2.05) is 47.4 Å². The minimum atomic E-state index is -0.255. The van der Waals surface area contributed by atoms with Crippen molar-refractivity contribution >= 4 is 93.3 Å². The summed E-state index contributed by atoms with van der Waals surface area (Å²) in [6.45, 7) is 0. The molecule has 0 atom stereocenters. The first-order chi connectivity index (χ1) is 24.7. The number of hydrogen-bond donors (Lipinski definition) is 0. The van der Waals surface area contributed by atoms with Gasteiger partial charge in [0.2, 0.25) is 0 Å². The second kappa shape index (κ2) is 11.4. The summed E-state index contributed by atoms with van der Waals surface area (Å²) in [5.41, 5.74) is 8.34. The molecule has 0 unspecified atom stereocenters. The average molecular weight is 661 g/mol. The van der Waals surface area contributed by atoms with Gasteiger partial charge in [0.05, 0.1) is 16.7 Å². The van der Waals surface area contributed by atoms with Crippen LogP contribution in [0.5, 0.6) is 0 Å². The van der Waals surface area contributed by atoms with Crippen LogP contribution in [0.4, 0.5) is 21.5 Å². The van der Waals surface area contributed by atoms with Gasteiger partial charge in [-0.15, -0.1) is 11.3 Å². The predicted molar refractivity (Wildman–Crippen MR) is 212 cm³/mol. The van der Waals surface area contributed by atoms with E-state index in [0.717, 1.165) is 16.9 Å². The zero-order valence-corrected chi connectivity index (χ0v) is 27.7. The molecule has 236 valence electrons. The fourth-order valence-corrected chi connectivity index (χ4v) is 8.69. The molecule has 2 heterocycles. The zero-order chi connectivity index (χ0) is 33.2. The smallest absolute Gasteiger partial charge is 0.147 e. The Bertz CT molecular complexity index is 2880. The first kappa shape index (κ1) is 28.8. The van der Waals surface area contributed by atoms with Gasteiger partial charge in [-0.3, -0.25) is 0 Å². The maximum absolute atomic E-state index is 15.2. The van der Waals surface area contributed by atoms with E-state index in [9.17, 15) is 0 Å². The molecule has 0 N–H and O–H groups in total. The van der Waals surface area contributed by atoms with Crippen LogP contribution in [0.1, 0.15) is 11.1 Å². The predicted octanol–water partition coefficient (Wildman–Crippen LogP) is 13.5. The fraction of sp³-hybridized carbons (Fsp3) is 0. The van der Waals surface area contributed by atoms with Gasteiger partial charge >= 0.3 is 0 Å². The molecule has 0 bridgehead atoms. The van der Waals surface area contributed by atoms with E-state index in [0.29, 0.717) is 5.69 Å². The number of para-hydroxylation sites is 3. The van der Waals surface area contributed by atoms with Gasteiger partial charge in [-0.2, -0.15) is 0 Å². The molecule has 0 saturated carbocycles. The third kappa shape index (κ3) is 4.53. The van der Waals surface area contributed by atoms with Gasteiger partial charge in [0, 0.05) is 48.0 Å². The van der Waals surface area contributed by atoms with Crippen molar-refractivity contribution in [3.05, 3.63) is 181 Å². The first-order valence-corrected chi connectivity index (χ1v) is 17.6. The summed E-state index contributed by atoms with van der Waals surface area (Å²) in [4.78, 5) is 1.99. The largest absolute Gasteiger partial charge is 0.309 e. The Morgan fingerprint density at radius 3 is 2.16 bits per heavy atom. The number of hydrogen-bond acceptors (Lipinski definition) is 2. The van der Waals surface area contributed by atoms with Crippen molar-refractivity contribution in [2.75, 3.05) is 4.90 Å². The molecule has 0 radical (unpaired) electrons. The highest BCUT2D eigenvalue weighted by atomic mass is 32.1. The van der Waals surface area contributed by atoms with Crippen LogP contribution in [0, 0.1) is 5.82 Å². The van der Waals surface area contributed by atoms with Crippen molar-refractivity contribution in [2.24, 2.45) is 0 Å². The van der Waals surface area contributed by atoms with Crippen LogP contribution in [0.3, 0.4) is 0 Å². The third-order valence-corrected chi connectivity index (χ3v) is 10.9. The van der Waals surface area contributed by atoms with Crippen molar-refractivity contribution < 1.29 is 4.39 Å². The van der Waals surface area contributed by atoms with Crippen molar-refractivity contribution in [1.29, 1.82) is 0 Å². The highest BCUT2D eigenvalue weighted by Gasteiger charge is 2.19. The molecule has 4 heteroatoms. The lowest BCUT2D eigenvalue weighted by Crippen LogP contribution is -2.11. The summed E-state index contributed by atoms with van der Waals surface area (Å²) in [5.74, 6) is -0.255. The number of anilines is 3. The Balaban J connectivity index is 1.05.